The quantitative estimate of drug-likeness (QED) is 0.362. The van der Waals surface area contributed by atoms with Crippen LogP contribution in [0.2, 0.25) is 0 Å². The fourth-order valence-corrected chi connectivity index (χ4v) is 4.32. The van der Waals surface area contributed by atoms with E-state index in [9.17, 15) is 4.79 Å². The number of H-pyrrole nitrogens is 1. The van der Waals surface area contributed by atoms with E-state index in [1.54, 1.807) is 6.33 Å². The van der Waals surface area contributed by atoms with Crippen molar-refractivity contribution in [3.05, 3.63) is 41.3 Å². The predicted molar refractivity (Wildman–Crippen MR) is 131 cm³/mol. The van der Waals surface area contributed by atoms with Gasteiger partial charge < -0.3 is 16.0 Å². The molecule has 0 aliphatic rings. The highest BCUT2D eigenvalue weighted by atomic mass is 16.1. The number of carbonyl (C=O) groups excluding carboxylic acids is 1. The average molecular weight is 449 g/mol. The highest BCUT2D eigenvalue weighted by Gasteiger charge is 2.21. The number of nitrogens with one attached hydrogen (secondary N) is 2. The minimum absolute atomic E-state index is 0.262. The number of rotatable bonds is 9. The first-order valence-corrected chi connectivity index (χ1v) is 11.4. The number of primary amides is 1. The van der Waals surface area contributed by atoms with Crippen LogP contribution in [-0.2, 0) is 4.79 Å². The molecule has 9 heteroatoms. The van der Waals surface area contributed by atoms with Gasteiger partial charge in [0.25, 0.3) is 0 Å². The van der Waals surface area contributed by atoms with Crippen LogP contribution in [0.4, 0.5) is 5.82 Å². The zero-order chi connectivity index (χ0) is 23.7. The standard InChI is InChI=1S/C24H32N8O/c1-6-31(12-19(25)33)10-9-26-20-8-7-18-23(30-20)21(14(2)3)22(29-18)17-11-32-24(27-13-28-32)16(5)15(17)4/h7-8,11,13-14,29H,6,9-10,12H2,1-5H3,(H2,25,33)(H,26,30). The van der Waals surface area contributed by atoms with Crippen LogP contribution in [0.15, 0.2) is 24.7 Å². The number of pyridine rings is 2. The number of likely N-dealkylation sites (N-methyl/N-ethyl adjacent to an activating group) is 1. The van der Waals surface area contributed by atoms with Gasteiger partial charge in [-0.05, 0) is 49.6 Å². The van der Waals surface area contributed by atoms with Gasteiger partial charge in [-0.2, -0.15) is 5.10 Å². The zero-order valence-corrected chi connectivity index (χ0v) is 19.9. The Kier molecular flexibility index (Phi) is 6.33. The topological polar surface area (TPSA) is 117 Å². The van der Waals surface area contributed by atoms with E-state index < -0.39 is 0 Å². The molecular weight excluding hydrogens is 416 g/mol. The largest absolute Gasteiger partial charge is 0.369 e. The van der Waals surface area contributed by atoms with Crippen LogP contribution in [0.5, 0.6) is 0 Å². The number of nitrogens with two attached hydrogens (primary N) is 1. The molecule has 0 saturated carbocycles. The van der Waals surface area contributed by atoms with Gasteiger partial charge in [0.05, 0.1) is 23.3 Å². The monoisotopic (exact) mass is 448 g/mol. The molecule has 1 amide bonds. The number of amides is 1. The summed E-state index contributed by atoms with van der Waals surface area (Å²) in [5.74, 6) is 0.769. The van der Waals surface area contributed by atoms with Crippen molar-refractivity contribution in [3.63, 3.8) is 0 Å². The van der Waals surface area contributed by atoms with Gasteiger partial charge >= 0.3 is 0 Å². The molecule has 0 unspecified atom stereocenters. The Morgan fingerprint density at radius 2 is 2.06 bits per heavy atom. The normalized spacial score (nSPS) is 11.8. The van der Waals surface area contributed by atoms with Crippen molar-refractivity contribution >= 4 is 28.4 Å². The third-order valence-electron chi connectivity index (χ3n) is 6.21. The average Bonchev–Trinajstić information content (AvgIpc) is 3.39. The number of nitrogens with zero attached hydrogens (tertiary/aromatic N) is 5. The lowest BCUT2D eigenvalue weighted by molar-refractivity contribution is -0.119. The number of aromatic amines is 1. The highest BCUT2D eigenvalue weighted by molar-refractivity contribution is 5.90. The van der Waals surface area contributed by atoms with E-state index in [1.807, 2.05) is 28.6 Å². The number of aryl methyl sites for hydroxylation is 1. The molecule has 33 heavy (non-hydrogen) atoms. The van der Waals surface area contributed by atoms with Gasteiger partial charge in [0.2, 0.25) is 5.91 Å². The first-order valence-electron chi connectivity index (χ1n) is 11.4. The molecule has 4 aromatic heterocycles. The molecule has 4 heterocycles. The lowest BCUT2D eigenvalue weighted by atomic mass is 9.95. The minimum Gasteiger partial charge on any atom is -0.369 e. The SMILES string of the molecule is CCN(CCNc1ccc2[nH]c(-c3cn4ncnc4c(C)c3C)c(C(C)C)c2n1)CC(N)=O. The second-order valence-electron chi connectivity index (χ2n) is 8.74. The van der Waals surface area contributed by atoms with Crippen molar-refractivity contribution in [2.24, 2.45) is 5.73 Å². The lowest BCUT2D eigenvalue weighted by Gasteiger charge is -2.18. The van der Waals surface area contributed by atoms with Gasteiger partial charge in [-0.1, -0.05) is 20.8 Å². The molecule has 0 spiro atoms. The maximum atomic E-state index is 11.2. The first-order chi connectivity index (χ1) is 15.8. The van der Waals surface area contributed by atoms with Crippen LogP contribution >= 0.6 is 0 Å². The molecule has 4 rings (SSSR count). The van der Waals surface area contributed by atoms with E-state index >= 15 is 0 Å². The Morgan fingerprint density at radius 1 is 1.27 bits per heavy atom. The van der Waals surface area contributed by atoms with Crippen LogP contribution in [0.3, 0.4) is 0 Å². The Labute approximate surface area is 193 Å². The second kappa shape index (κ2) is 9.19. The van der Waals surface area contributed by atoms with Crippen molar-refractivity contribution in [1.29, 1.82) is 0 Å². The summed E-state index contributed by atoms with van der Waals surface area (Å²) in [5.41, 5.74) is 13.8. The lowest BCUT2D eigenvalue weighted by Crippen LogP contribution is -2.36. The maximum absolute atomic E-state index is 11.2. The molecular formula is C24H32N8O. The summed E-state index contributed by atoms with van der Waals surface area (Å²) >= 11 is 0. The van der Waals surface area contributed by atoms with Gasteiger partial charge in [0.15, 0.2) is 5.65 Å². The summed E-state index contributed by atoms with van der Waals surface area (Å²) < 4.78 is 1.83. The van der Waals surface area contributed by atoms with Gasteiger partial charge in [-0.3, -0.25) is 9.69 Å². The Morgan fingerprint density at radius 3 is 2.76 bits per heavy atom. The predicted octanol–water partition coefficient (Wildman–Crippen LogP) is 3.23. The number of carbonyl (C=O) groups is 1. The summed E-state index contributed by atoms with van der Waals surface area (Å²) in [5, 5.41) is 7.75. The van der Waals surface area contributed by atoms with E-state index in [0.717, 1.165) is 45.9 Å². The van der Waals surface area contributed by atoms with E-state index in [4.69, 9.17) is 10.7 Å². The molecule has 4 N–H and O–H groups in total. The second-order valence-corrected chi connectivity index (χ2v) is 8.74. The van der Waals surface area contributed by atoms with E-state index in [0.29, 0.717) is 13.1 Å². The number of hydrogen-bond acceptors (Lipinski definition) is 6. The highest BCUT2D eigenvalue weighted by Crippen LogP contribution is 2.37. The van der Waals surface area contributed by atoms with E-state index in [2.05, 4.69) is 54.1 Å². The van der Waals surface area contributed by atoms with Crippen LogP contribution in [0, 0.1) is 13.8 Å². The molecule has 0 saturated heterocycles. The van der Waals surface area contributed by atoms with Crippen LogP contribution < -0.4 is 11.1 Å². The van der Waals surface area contributed by atoms with Gasteiger partial charge in [0, 0.05) is 30.4 Å². The number of hydrogen-bond donors (Lipinski definition) is 3. The van der Waals surface area contributed by atoms with Crippen LogP contribution in [0.1, 0.15) is 43.4 Å². The molecule has 4 aromatic rings. The van der Waals surface area contributed by atoms with E-state index in [1.165, 1.54) is 11.1 Å². The van der Waals surface area contributed by atoms with Gasteiger partial charge in [0.1, 0.15) is 12.1 Å². The Bertz CT molecular complexity index is 1300. The molecule has 0 atom stereocenters. The third kappa shape index (κ3) is 4.41. The van der Waals surface area contributed by atoms with Crippen molar-refractivity contribution in [3.8, 4) is 11.3 Å². The third-order valence-corrected chi connectivity index (χ3v) is 6.21. The molecule has 0 aromatic carbocycles. The molecule has 0 aliphatic heterocycles. The fourth-order valence-electron chi connectivity index (χ4n) is 4.32. The molecule has 9 nitrogen and oxygen atoms in total. The van der Waals surface area contributed by atoms with E-state index in [-0.39, 0.29) is 18.4 Å². The fraction of sp³-hybridized carbons (Fsp3) is 0.417. The summed E-state index contributed by atoms with van der Waals surface area (Å²) in [6, 6.07) is 4.05. The minimum atomic E-state index is -0.313. The van der Waals surface area contributed by atoms with Gasteiger partial charge in [-0.15, -0.1) is 0 Å². The van der Waals surface area contributed by atoms with Gasteiger partial charge in [-0.25, -0.2) is 14.5 Å². The zero-order valence-electron chi connectivity index (χ0n) is 19.9. The number of aromatic nitrogens is 5. The molecule has 174 valence electrons. The summed E-state index contributed by atoms with van der Waals surface area (Å²) in [4.78, 5) is 26.1. The Balaban J connectivity index is 1.68. The van der Waals surface area contributed by atoms with Crippen molar-refractivity contribution in [2.45, 2.75) is 40.5 Å². The summed E-state index contributed by atoms with van der Waals surface area (Å²) in [6.07, 6.45) is 3.63. The smallest absolute Gasteiger partial charge is 0.231 e. The van der Waals surface area contributed by atoms with Crippen molar-refractivity contribution < 1.29 is 4.79 Å². The molecule has 0 fully saturated rings. The summed E-state index contributed by atoms with van der Waals surface area (Å²) in [6.45, 7) is 13.0. The van der Waals surface area contributed by atoms with Crippen molar-refractivity contribution in [2.75, 3.05) is 31.5 Å². The number of anilines is 1. The van der Waals surface area contributed by atoms with Crippen LogP contribution in [0.25, 0.3) is 27.9 Å². The maximum Gasteiger partial charge on any atom is 0.231 e. The summed E-state index contributed by atoms with van der Waals surface area (Å²) in [7, 11) is 0. The van der Waals surface area contributed by atoms with Crippen molar-refractivity contribution in [1.82, 2.24) is 29.5 Å². The number of fused-ring (bicyclic) bond motifs is 2. The molecule has 0 radical (unpaired) electrons. The molecule has 0 aliphatic carbocycles. The first kappa shape index (κ1) is 22.7. The Hall–Kier alpha value is -3.46. The van der Waals surface area contributed by atoms with Crippen LogP contribution in [-0.4, -0.2) is 61.6 Å². The molecule has 0 bridgehead atoms.